The average Bonchev–Trinajstić information content (AvgIpc) is 3.52. The molecule has 2 nitrogen and oxygen atoms in total. The van der Waals surface area contributed by atoms with Crippen LogP contribution in [0, 0.1) is 19.1 Å². The Bertz CT molecular complexity index is 2330. The van der Waals surface area contributed by atoms with E-state index in [0.29, 0.717) is 0 Å². The third-order valence-corrected chi connectivity index (χ3v) is 11.9. The van der Waals surface area contributed by atoms with E-state index in [1.165, 1.54) is 53.2 Å². The summed E-state index contributed by atoms with van der Waals surface area (Å²) >= 11 is 1.82. The Morgan fingerprint density at radius 3 is 2.04 bits per heavy atom. The Labute approximate surface area is 307 Å². The molecule has 0 amide bonds. The van der Waals surface area contributed by atoms with Gasteiger partial charge in [-0.3, -0.25) is 0 Å². The van der Waals surface area contributed by atoms with E-state index < -0.39 is 8.07 Å². The molecule has 3 heterocycles. The standard InChI is InChI=1S/C29H18NS.C15H18NSi.Ir/c1-3-9-20(10-4-1)22-17-18-30-26(19-22)24-16-15-23(21-11-5-2-6-12-21)28-25-13-7-8-14-27(25)31-29(24)28;1-12-10-14(13-8-6-5-7-9-13)16-11-15(12)17(2,3)4;/h1-15,17-19H;5-8,10-11H,1-4H3;/q2*-1;. The predicted octanol–water partition coefficient (Wildman–Crippen LogP) is 11.7. The molecule has 0 atom stereocenters. The van der Waals surface area contributed by atoms with Gasteiger partial charge in [0.25, 0.3) is 0 Å². The molecule has 1 radical (unpaired) electrons. The van der Waals surface area contributed by atoms with Gasteiger partial charge in [0.15, 0.2) is 0 Å². The van der Waals surface area contributed by atoms with E-state index in [1.54, 1.807) is 0 Å². The average molecular weight is 845 g/mol. The number of aromatic nitrogens is 2. The first-order valence-corrected chi connectivity index (χ1v) is 20.6. The normalized spacial score (nSPS) is 11.1. The van der Waals surface area contributed by atoms with Crippen molar-refractivity contribution in [2.24, 2.45) is 0 Å². The number of benzene rings is 5. The molecule has 5 aromatic carbocycles. The van der Waals surface area contributed by atoms with Crippen LogP contribution < -0.4 is 5.19 Å². The number of aryl methyl sites for hydroxylation is 1. The van der Waals surface area contributed by atoms with Crippen LogP contribution in [0.3, 0.4) is 0 Å². The topological polar surface area (TPSA) is 25.8 Å². The molecule has 8 rings (SSSR count). The zero-order valence-corrected chi connectivity index (χ0v) is 32.2. The van der Waals surface area contributed by atoms with E-state index in [2.05, 4.69) is 159 Å². The largest absolute Gasteiger partial charge is 0.305 e. The molecule has 0 fully saturated rings. The summed E-state index contributed by atoms with van der Waals surface area (Å²) in [5, 5.41) is 4.01. The van der Waals surface area contributed by atoms with Gasteiger partial charge in [-0.2, -0.15) is 11.3 Å². The molecular weight excluding hydrogens is 809 g/mol. The Balaban J connectivity index is 0.000000198. The summed E-state index contributed by atoms with van der Waals surface area (Å²) in [4.78, 5) is 9.31. The molecule has 0 bridgehead atoms. The van der Waals surface area contributed by atoms with Crippen molar-refractivity contribution in [2.75, 3.05) is 0 Å². The second kappa shape index (κ2) is 14.9. The Morgan fingerprint density at radius 2 is 1.35 bits per heavy atom. The van der Waals surface area contributed by atoms with Gasteiger partial charge in [-0.1, -0.05) is 133 Å². The predicted molar refractivity (Wildman–Crippen MR) is 208 cm³/mol. The van der Waals surface area contributed by atoms with Gasteiger partial charge in [0.05, 0.1) is 8.07 Å². The van der Waals surface area contributed by atoms with Crippen molar-refractivity contribution in [3.63, 3.8) is 0 Å². The summed E-state index contributed by atoms with van der Waals surface area (Å²) in [5.74, 6) is 0. The first-order chi connectivity index (χ1) is 23.4. The van der Waals surface area contributed by atoms with Crippen molar-refractivity contribution < 1.29 is 20.1 Å². The summed E-state index contributed by atoms with van der Waals surface area (Å²) in [6.45, 7) is 9.24. The third kappa shape index (κ3) is 7.41. The fourth-order valence-electron chi connectivity index (χ4n) is 6.23. The number of pyridine rings is 2. The van der Waals surface area contributed by atoms with Gasteiger partial charge in [0.1, 0.15) is 0 Å². The van der Waals surface area contributed by atoms with Crippen LogP contribution in [-0.2, 0) is 20.1 Å². The summed E-state index contributed by atoms with van der Waals surface area (Å²) in [7, 11) is -1.27. The molecule has 0 aliphatic heterocycles. The van der Waals surface area contributed by atoms with Crippen LogP contribution in [0.25, 0.3) is 64.9 Å². The molecule has 5 heteroatoms. The maximum atomic E-state index is 4.73. The van der Waals surface area contributed by atoms with Gasteiger partial charge in [-0.15, -0.1) is 53.6 Å². The number of nitrogens with zero attached hydrogens (tertiary/aromatic N) is 2. The van der Waals surface area contributed by atoms with Crippen molar-refractivity contribution in [3.05, 3.63) is 164 Å². The van der Waals surface area contributed by atoms with Crippen molar-refractivity contribution in [3.8, 4) is 44.8 Å². The molecule has 0 unspecified atom stereocenters. The van der Waals surface area contributed by atoms with Crippen LogP contribution in [0.5, 0.6) is 0 Å². The second-order valence-electron chi connectivity index (χ2n) is 13.0. The quantitative estimate of drug-likeness (QED) is 0.127. The summed E-state index contributed by atoms with van der Waals surface area (Å²) < 4.78 is 2.52. The first kappa shape index (κ1) is 34.4. The molecular formula is C44H36IrN2SSi-2. The van der Waals surface area contributed by atoms with Gasteiger partial charge in [0, 0.05) is 37.2 Å². The maximum absolute atomic E-state index is 4.73. The van der Waals surface area contributed by atoms with Gasteiger partial charge >= 0.3 is 0 Å². The van der Waals surface area contributed by atoms with Crippen molar-refractivity contribution in [1.82, 2.24) is 9.97 Å². The van der Waals surface area contributed by atoms with Crippen LogP contribution in [-0.4, -0.2) is 18.0 Å². The molecule has 0 saturated carbocycles. The van der Waals surface area contributed by atoms with Gasteiger partial charge in [-0.05, 0) is 56.8 Å². The van der Waals surface area contributed by atoms with Crippen molar-refractivity contribution >= 4 is 44.8 Å². The number of hydrogen-bond donors (Lipinski definition) is 0. The van der Waals surface area contributed by atoms with E-state index in [0.717, 1.165) is 22.5 Å². The third-order valence-electron chi connectivity index (χ3n) is 8.56. The molecule has 3 aromatic heterocycles. The maximum Gasteiger partial charge on any atom is 0.0798 e. The van der Waals surface area contributed by atoms with E-state index >= 15 is 0 Å². The van der Waals surface area contributed by atoms with E-state index in [-0.39, 0.29) is 20.1 Å². The molecule has 0 aliphatic carbocycles. The Kier molecular flexibility index (Phi) is 10.5. The molecule has 0 N–H and O–H groups in total. The minimum absolute atomic E-state index is 0. The second-order valence-corrected chi connectivity index (χ2v) is 19.0. The number of fused-ring (bicyclic) bond motifs is 3. The summed E-state index contributed by atoms with van der Waals surface area (Å²) in [5.41, 5.74) is 10.3. The minimum atomic E-state index is -1.27. The van der Waals surface area contributed by atoms with Crippen molar-refractivity contribution in [1.29, 1.82) is 0 Å². The Hall–Kier alpha value is -4.51. The number of rotatable bonds is 5. The van der Waals surface area contributed by atoms with Gasteiger partial charge in [-0.25, -0.2) is 0 Å². The van der Waals surface area contributed by atoms with E-state index in [1.807, 2.05) is 41.8 Å². The van der Waals surface area contributed by atoms with Crippen LogP contribution in [0.15, 0.2) is 146 Å². The zero-order valence-electron chi connectivity index (χ0n) is 28.0. The molecule has 0 spiro atoms. The minimum Gasteiger partial charge on any atom is -0.305 e. The van der Waals surface area contributed by atoms with Crippen LogP contribution in [0.4, 0.5) is 0 Å². The van der Waals surface area contributed by atoms with E-state index in [4.69, 9.17) is 4.98 Å². The van der Waals surface area contributed by atoms with Crippen LogP contribution >= 0.6 is 11.3 Å². The van der Waals surface area contributed by atoms with E-state index in [9.17, 15) is 0 Å². The Morgan fingerprint density at radius 1 is 0.653 bits per heavy atom. The fourth-order valence-corrected chi connectivity index (χ4v) is 9.17. The molecule has 49 heavy (non-hydrogen) atoms. The first-order valence-electron chi connectivity index (χ1n) is 16.2. The summed E-state index contributed by atoms with van der Waals surface area (Å²) in [6.07, 6.45) is 3.95. The fraction of sp³-hybridized carbons (Fsp3) is 0.0909. The number of hydrogen-bond acceptors (Lipinski definition) is 3. The summed E-state index contributed by atoms with van der Waals surface area (Å²) in [6, 6.07) is 53.0. The SMILES string of the molecule is Cc1cc(-c2[c-]cccc2)ncc1[Si](C)(C)C.[Ir].[c-]1cc(-c2ccccc2)c2c(sc3ccccc32)c1-c1cc(-c2ccccc2)ccn1. The molecule has 0 saturated heterocycles. The zero-order chi connectivity index (χ0) is 33.1. The molecule has 243 valence electrons. The van der Waals surface area contributed by atoms with Gasteiger partial charge in [0.2, 0.25) is 0 Å². The molecule has 8 aromatic rings. The van der Waals surface area contributed by atoms with Gasteiger partial charge < -0.3 is 9.97 Å². The monoisotopic (exact) mass is 845 g/mol. The number of thiophene rings is 1. The smallest absolute Gasteiger partial charge is 0.0798 e. The van der Waals surface area contributed by atoms with Crippen LogP contribution in [0.2, 0.25) is 19.6 Å². The van der Waals surface area contributed by atoms with Crippen molar-refractivity contribution in [2.45, 2.75) is 26.6 Å². The molecule has 0 aliphatic rings. The van der Waals surface area contributed by atoms with Crippen LogP contribution in [0.1, 0.15) is 5.56 Å².